The number of hydrogen-bond acceptors (Lipinski definition) is 6. The van der Waals surface area contributed by atoms with Crippen LogP contribution < -0.4 is 5.73 Å². The van der Waals surface area contributed by atoms with Crippen molar-refractivity contribution in [3.63, 3.8) is 0 Å². The van der Waals surface area contributed by atoms with E-state index in [1.165, 1.54) is 24.5 Å². The molecule has 26 heavy (non-hydrogen) atoms. The maximum Gasteiger partial charge on any atom is 0.416 e. The molecule has 2 N–H and O–H groups in total. The summed E-state index contributed by atoms with van der Waals surface area (Å²) in [5.74, 6) is -3.61. The number of halogens is 3. The smallest absolute Gasteiger partial charge is 0.416 e. The molecule has 1 aliphatic rings. The lowest BCUT2D eigenvalue weighted by molar-refractivity contribution is -0.143. The molecule has 0 spiro atoms. The molecule has 1 heterocycles. The summed E-state index contributed by atoms with van der Waals surface area (Å²) >= 11 is 0. The molecule has 1 aromatic rings. The van der Waals surface area contributed by atoms with E-state index in [1.807, 2.05) is 0 Å². The Kier molecular flexibility index (Phi) is 6.14. The minimum Gasteiger partial charge on any atom is -0.468 e. The van der Waals surface area contributed by atoms with Crippen molar-refractivity contribution in [2.75, 3.05) is 20.3 Å². The molecule has 0 aliphatic carbocycles. The molecule has 6 nitrogen and oxygen atoms in total. The summed E-state index contributed by atoms with van der Waals surface area (Å²) in [7, 11) is 1.14. The zero-order valence-electron chi connectivity index (χ0n) is 13.8. The van der Waals surface area contributed by atoms with Crippen molar-refractivity contribution in [2.45, 2.75) is 12.1 Å². The molecule has 0 saturated carbocycles. The van der Waals surface area contributed by atoms with Crippen molar-refractivity contribution >= 4 is 18.2 Å². The number of hydrogen-bond donors (Lipinski definition) is 1. The van der Waals surface area contributed by atoms with Crippen LogP contribution >= 0.6 is 0 Å². The van der Waals surface area contributed by atoms with Crippen LogP contribution in [0.1, 0.15) is 17.0 Å². The lowest BCUT2D eigenvalue weighted by atomic mass is 9.79. The van der Waals surface area contributed by atoms with E-state index in [0.29, 0.717) is 0 Å². The topological polar surface area (TPSA) is 91.0 Å². The summed E-state index contributed by atoms with van der Waals surface area (Å²) in [6.07, 6.45) is -2.16. The number of esters is 2. The van der Waals surface area contributed by atoms with Gasteiger partial charge in [-0.2, -0.15) is 13.2 Å². The molecular weight excluding hydrogens is 353 g/mol. The van der Waals surface area contributed by atoms with E-state index in [0.717, 1.165) is 19.2 Å². The van der Waals surface area contributed by atoms with E-state index >= 15 is 0 Å². The molecule has 1 aromatic carbocycles. The summed E-state index contributed by atoms with van der Waals surface area (Å²) < 4.78 is 48.8. The van der Waals surface area contributed by atoms with Crippen molar-refractivity contribution in [3.05, 3.63) is 47.2 Å². The van der Waals surface area contributed by atoms with E-state index in [1.54, 1.807) is 0 Å². The van der Waals surface area contributed by atoms with Crippen molar-refractivity contribution in [1.29, 1.82) is 0 Å². The third-order valence-electron chi connectivity index (χ3n) is 3.79. The number of carbonyl (C=O) groups excluding carboxylic acids is 2. The first-order valence-electron chi connectivity index (χ1n) is 7.65. The Balaban J connectivity index is 2.49. The quantitative estimate of drug-likeness (QED) is 0.801. The number of carbonyl (C=O) groups is 2. The third kappa shape index (κ3) is 4.29. The fraction of sp³-hybridized carbons (Fsp3) is 0.353. The molecule has 0 radical (unpaired) electrons. The van der Waals surface area contributed by atoms with E-state index in [2.05, 4.69) is 4.99 Å². The van der Waals surface area contributed by atoms with Gasteiger partial charge in [-0.1, -0.05) is 18.2 Å². The number of benzene rings is 1. The third-order valence-corrected chi connectivity index (χ3v) is 3.79. The van der Waals surface area contributed by atoms with E-state index in [-0.39, 0.29) is 24.3 Å². The van der Waals surface area contributed by atoms with Crippen LogP contribution in [-0.4, -0.2) is 38.4 Å². The van der Waals surface area contributed by atoms with Gasteiger partial charge >= 0.3 is 18.1 Å². The number of ether oxygens (including phenoxy) is 2. The van der Waals surface area contributed by atoms with Gasteiger partial charge in [0.05, 0.1) is 18.2 Å². The fourth-order valence-electron chi connectivity index (χ4n) is 2.62. The summed E-state index contributed by atoms with van der Waals surface area (Å²) in [4.78, 5) is 28.2. The normalized spacial score (nSPS) is 19.7. The number of methoxy groups -OCH3 is 1. The maximum absolute atomic E-state index is 13.0. The van der Waals surface area contributed by atoms with Gasteiger partial charge < -0.3 is 15.2 Å². The van der Waals surface area contributed by atoms with Gasteiger partial charge in [0.1, 0.15) is 12.5 Å². The van der Waals surface area contributed by atoms with Crippen LogP contribution in [0.5, 0.6) is 0 Å². The molecule has 2 unspecified atom stereocenters. The average Bonchev–Trinajstić information content (AvgIpc) is 2.64. The molecule has 0 amide bonds. The minimum atomic E-state index is -4.57. The lowest BCUT2D eigenvalue weighted by Gasteiger charge is -2.27. The molecule has 0 fully saturated rings. The average molecular weight is 370 g/mol. The molecule has 0 aromatic heterocycles. The van der Waals surface area contributed by atoms with Crippen LogP contribution in [0, 0.1) is 5.92 Å². The molecule has 1 aliphatic heterocycles. The first kappa shape index (κ1) is 19.6. The van der Waals surface area contributed by atoms with Crippen LogP contribution in [0.4, 0.5) is 13.2 Å². The van der Waals surface area contributed by atoms with Gasteiger partial charge in [0, 0.05) is 24.9 Å². The Morgan fingerprint density at radius 2 is 2.04 bits per heavy atom. The van der Waals surface area contributed by atoms with Crippen molar-refractivity contribution in [1.82, 2.24) is 0 Å². The lowest BCUT2D eigenvalue weighted by Crippen LogP contribution is -2.31. The van der Waals surface area contributed by atoms with Crippen LogP contribution in [0.25, 0.3) is 0 Å². The van der Waals surface area contributed by atoms with Gasteiger partial charge in [-0.05, 0) is 11.6 Å². The molecular formula is C17H17F3N2O4. The Morgan fingerprint density at radius 1 is 1.31 bits per heavy atom. The monoisotopic (exact) mass is 370 g/mol. The van der Waals surface area contributed by atoms with Gasteiger partial charge in [0.25, 0.3) is 0 Å². The second-order valence-corrected chi connectivity index (χ2v) is 5.46. The summed E-state index contributed by atoms with van der Waals surface area (Å²) in [6.45, 7) is 0.00896. The molecule has 140 valence electrons. The van der Waals surface area contributed by atoms with E-state index in [4.69, 9.17) is 15.2 Å². The van der Waals surface area contributed by atoms with Gasteiger partial charge in [-0.25, -0.2) is 4.79 Å². The van der Waals surface area contributed by atoms with Crippen LogP contribution in [0.2, 0.25) is 0 Å². The van der Waals surface area contributed by atoms with Crippen molar-refractivity contribution < 1.29 is 32.2 Å². The largest absolute Gasteiger partial charge is 0.468 e. The predicted octanol–water partition coefficient (Wildman–Crippen LogP) is 2.05. The maximum atomic E-state index is 13.0. The highest BCUT2D eigenvalue weighted by atomic mass is 19.4. The Bertz CT molecular complexity index is 744. The van der Waals surface area contributed by atoms with Gasteiger partial charge in [0.2, 0.25) is 0 Å². The highest BCUT2D eigenvalue weighted by Crippen LogP contribution is 2.38. The van der Waals surface area contributed by atoms with Crippen LogP contribution in [0.3, 0.4) is 0 Å². The number of nitrogens with zero attached hydrogens (tertiary/aromatic N) is 1. The molecule has 9 heteroatoms. The minimum absolute atomic E-state index is 0.0457. The molecule has 0 bridgehead atoms. The zero-order chi connectivity index (χ0) is 19.3. The van der Waals surface area contributed by atoms with Crippen LogP contribution in [0.15, 0.2) is 41.0 Å². The van der Waals surface area contributed by atoms with E-state index < -0.39 is 35.5 Å². The van der Waals surface area contributed by atoms with Gasteiger partial charge in [-0.3, -0.25) is 9.79 Å². The van der Waals surface area contributed by atoms with E-state index in [9.17, 15) is 22.8 Å². The van der Waals surface area contributed by atoms with Crippen LogP contribution in [-0.2, 0) is 25.2 Å². The predicted molar refractivity (Wildman–Crippen MR) is 86.3 cm³/mol. The second-order valence-electron chi connectivity index (χ2n) is 5.46. The zero-order valence-corrected chi connectivity index (χ0v) is 13.8. The fourth-order valence-corrected chi connectivity index (χ4v) is 2.62. The number of aliphatic imine (C=N–C) groups is 1. The number of nitrogens with two attached hydrogens (primary N) is 1. The molecule has 2 atom stereocenters. The Morgan fingerprint density at radius 3 is 2.65 bits per heavy atom. The SMILES string of the molecule is COC(=O)C1C=NC=C(C(=O)OCCN)C1c1cccc(C(F)(F)F)c1. The highest BCUT2D eigenvalue weighted by Gasteiger charge is 2.39. The number of alkyl halides is 3. The first-order valence-corrected chi connectivity index (χ1v) is 7.65. The summed E-state index contributed by atoms with van der Waals surface area (Å²) in [6, 6.07) is 4.41. The standard InChI is InChI=1S/C17H17F3N2O4/c1-25-15(23)12-8-22-9-13(16(24)26-6-5-21)14(12)10-3-2-4-11(7-10)17(18,19)20/h2-4,7-9,12,14H,5-6,21H2,1H3. The number of rotatable bonds is 5. The summed E-state index contributed by atoms with van der Waals surface area (Å²) in [5.41, 5.74) is 4.48. The van der Waals surface area contributed by atoms with Gasteiger partial charge in [0.15, 0.2) is 0 Å². The Hall–Kier alpha value is -2.68. The van der Waals surface area contributed by atoms with Crippen molar-refractivity contribution in [3.8, 4) is 0 Å². The Labute approximate surface area is 147 Å². The van der Waals surface area contributed by atoms with Gasteiger partial charge in [-0.15, -0.1) is 0 Å². The highest BCUT2D eigenvalue weighted by molar-refractivity contribution is 5.99. The molecule has 2 rings (SSSR count). The first-order chi connectivity index (χ1) is 12.3. The second kappa shape index (κ2) is 8.13. The van der Waals surface area contributed by atoms with Crippen molar-refractivity contribution in [2.24, 2.45) is 16.6 Å². The summed E-state index contributed by atoms with van der Waals surface area (Å²) in [5, 5.41) is 0. The molecule has 0 saturated heterocycles.